The lowest BCUT2D eigenvalue weighted by Crippen LogP contribution is -2.55. The summed E-state index contributed by atoms with van der Waals surface area (Å²) in [6.07, 6.45) is 5.52. The van der Waals surface area contributed by atoms with E-state index in [1.165, 1.54) is 5.69 Å². The van der Waals surface area contributed by atoms with Crippen LogP contribution in [0.25, 0.3) is 0 Å². The second-order valence-corrected chi connectivity index (χ2v) is 9.37. The van der Waals surface area contributed by atoms with Crippen LogP contribution in [0.1, 0.15) is 26.7 Å². The molecule has 5 nitrogen and oxygen atoms in total. The number of anilines is 1. The molecule has 1 atom stereocenters. The summed E-state index contributed by atoms with van der Waals surface area (Å²) in [6.45, 7) is 7.78. The second-order valence-electron chi connectivity index (χ2n) is 8.52. The summed E-state index contributed by atoms with van der Waals surface area (Å²) >= 11 is 3.63. The van der Waals surface area contributed by atoms with Crippen molar-refractivity contribution in [3.63, 3.8) is 0 Å². The van der Waals surface area contributed by atoms with Gasteiger partial charge in [-0.05, 0) is 30.0 Å². The average molecular weight is 441 g/mol. The highest BCUT2D eigenvalue weighted by atomic mass is 79.9. The molecule has 1 fully saturated rings. The van der Waals surface area contributed by atoms with E-state index in [0.717, 1.165) is 42.8 Å². The van der Waals surface area contributed by atoms with Gasteiger partial charge >= 0.3 is 0 Å². The van der Waals surface area contributed by atoms with Crippen molar-refractivity contribution >= 4 is 27.4 Å². The number of rotatable bonds is 2. The third-order valence-corrected chi connectivity index (χ3v) is 6.52. The number of piperazine rings is 1. The van der Waals surface area contributed by atoms with E-state index < -0.39 is 0 Å². The Morgan fingerprint density at radius 3 is 2.43 bits per heavy atom. The predicted octanol–water partition coefficient (Wildman–Crippen LogP) is 3.85. The Balaban J connectivity index is 1.55. The fourth-order valence-corrected chi connectivity index (χ4v) is 5.17. The number of hydrogen-bond acceptors (Lipinski definition) is 5. The van der Waals surface area contributed by atoms with Crippen molar-refractivity contribution in [1.82, 2.24) is 9.80 Å². The summed E-state index contributed by atoms with van der Waals surface area (Å²) < 4.78 is 0.838. The predicted molar refractivity (Wildman–Crippen MR) is 114 cm³/mol. The van der Waals surface area contributed by atoms with Crippen LogP contribution in [-0.2, 0) is 4.79 Å². The molecule has 0 N–H and O–H groups in total. The largest absolute Gasteiger partial charge is 0.369 e. The molecule has 0 saturated carbocycles. The molecule has 1 aliphatic carbocycles. The Labute approximate surface area is 175 Å². The molecule has 28 heavy (non-hydrogen) atoms. The van der Waals surface area contributed by atoms with Gasteiger partial charge in [-0.3, -0.25) is 14.6 Å². The molecular formula is C22H25BrN4O. The van der Waals surface area contributed by atoms with Crippen molar-refractivity contribution in [3.05, 3.63) is 52.2 Å². The fraction of sp³-hybridized carbons (Fsp3) is 0.455. The number of carbonyl (C=O) groups excluding carboxylic acids is 1. The van der Waals surface area contributed by atoms with E-state index in [9.17, 15) is 10.1 Å². The number of para-hydroxylation sites is 1. The number of benzene rings is 1. The van der Waals surface area contributed by atoms with Crippen LogP contribution < -0.4 is 4.90 Å². The normalized spacial score (nSPS) is 25.3. The van der Waals surface area contributed by atoms with Gasteiger partial charge in [-0.25, -0.2) is 0 Å². The fourth-order valence-electron chi connectivity index (χ4n) is 4.48. The van der Waals surface area contributed by atoms with Crippen LogP contribution in [0.3, 0.4) is 0 Å². The Morgan fingerprint density at radius 1 is 1.11 bits per heavy atom. The minimum absolute atomic E-state index is 0.119. The average Bonchev–Trinajstić information content (AvgIpc) is 2.67. The monoisotopic (exact) mass is 440 g/mol. The lowest BCUT2D eigenvalue weighted by Gasteiger charge is -2.46. The van der Waals surface area contributed by atoms with Gasteiger partial charge in [-0.15, -0.1) is 0 Å². The van der Waals surface area contributed by atoms with Crippen LogP contribution in [0.4, 0.5) is 5.69 Å². The molecule has 4 rings (SSSR count). The van der Waals surface area contributed by atoms with Crippen molar-refractivity contribution < 1.29 is 4.79 Å². The van der Waals surface area contributed by atoms with Crippen LogP contribution in [-0.4, -0.2) is 47.9 Å². The van der Waals surface area contributed by atoms with Gasteiger partial charge in [0.25, 0.3) is 0 Å². The molecule has 0 amide bonds. The molecule has 0 aromatic heterocycles. The summed E-state index contributed by atoms with van der Waals surface area (Å²) in [4.78, 5) is 19.2. The first kappa shape index (κ1) is 19.2. The third-order valence-electron chi connectivity index (χ3n) is 5.86. The lowest BCUT2D eigenvalue weighted by atomic mass is 9.74. The van der Waals surface area contributed by atoms with Crippen LogP contribution in [0.15, 0.2) is 52.2 Å². The molecular weight excluding hydrogens is 416 g/mol. The van der Waals surface area contributed by atoms with Crippen molar-refractivity contribution in [3.8, 4) is 6.19 Å². The third kappa shape index (κ3) is 3.49. The summed E-state index contributed by atoms with van der Waals surface area (Å²) in [7, 11) is 0. The Hall–Kier alpha value is -2.10. The molecule has 1 aromatic rings. The summed E-state index contributed by atoms with van der Waals surface area (Å²) in [5.41, 5.74) is 2.68. The number of nitrogens with zero attached hydrogens (tertiary/aromatic N) is 4. The molecule has 0 radical (unpaired) electrons. The molecule has 3 aliphatic rings. The first-order chi connectivity index (χ1) is 13.4. The standard InChI is InChI=1S/C22H25BrN4O/c1-22(2)13-18-21(19(28)14-22)17(23)12-20(27(18)15-24)26-10-8-25(9-11-26)16-6-4-3-5-7-16/h3-7,12,20H,8-11,13-14H2,1-2H3. The van der Waals surface area contributed by atoms with Crippen molar-refractivity contribution in [2.24, 2.45) is 5.41 Å². The molecule has 1 aromatic carbocycles. The maximum Gasteiger partial charge on any atom is 0.185 e. The quantitative estimate of drug-likeness (QED) is 0.653. The number of ketones is 1. The molecule has 146 valence electrons. The summed E-state index contributed by atoms with van der Waals surface area (Å²) in [5, 5.41) is 9.95. The Morgan fingerprint density at radius 2 is 1.79 bits per heavy atom. The highest BCUT2D eigenvalue weighted by Crippen LogP contribution is 2.44. The van der Waals surface area contributed by atoms with E-state index in [2.05, 4.69) is 70.0 Å². The van der Waals surface area contributed by atoms with Gasteiger partial charge in [0, 0.05) is 48.5 Å². The maximum absolute atomic E-state index is 12.7. The minimum Gasteiger partial charge on any atom is -0.369 e. The SMILES string of the molecule is CC1(C)CC(=O)C2=C(C1)N(C#N)C(N1CCN(c3ccccc3)CC1)C=C2Br. The first-order valence-corrected chi connectivity index (χ1v) is 10.6. The summed E-state index contributed by atoms with van der Waals surface area (Å²) in [6, 6.07) is 10.4. The van der Waals surface area contributed by atoms with Crippen molar-refractivity contribution in [1.29, 1.82) is 5.26 Å². The van der Waals surface area contributed by atoms with Crippen molar-refractivity contribution in [2.75, 3.05) is 31.1 Å². The van der Waals surface area contributed by atoms with E-state index in [0.29, 0.717) is 12.0 Å². The number of allylic oxidation sites excluding steroid dienone is 3. The zero-order chi connectivity index (χ0) is 19.9. The molecule has 1 unspecified atom stereocenters. The van der Waals surface area contributed by atoms with Crippen molar-refractivity contribution in [2.45, 2.75) is 32.9 Å². The molecule has 6 heteroatoms. The van der Waals surface area contributed by atoms with Gasteiger partial charge in [0.05, 0.1) is 5.57 Å². The van der Waals surface area contributed by atoms with Gasteiger partial charge in [-0.2, -0.15) is 5.26 Å². The van der Waals surface area contributed by atoms with E-state index in [1.54, 1.807) is 4.90 Å². The molecule has 2 heterocycles. The maximum atomic E-state index is 12.7. The van der Waals surface area contributed by atoms with Gasteiger partial charge in [0.2, 0.25) is 0 Å². The van der Waals surface area contributed by atoms with E-state index >= 15 is 0 Å². The molecule has 1 saturated heterocycles. The van der Waals surface area contributed by atoms with Gasteiger partial charge < -0.3 is 4.90 Å². The molecule has 2 aliphatic heterocycles. The highest BCUT2D eigenvalue weighted by molar-refractivity contribution is 9.12. The van der Waals surface area contributed by atoms with Gasteiger partial charge in [0.15, 0.2) is 12.0 Å². The topological polar surface area (TPSA) is 50.6 Å². The number of halogens is 1. The van der Waals surface area contributed by atoms with E-state index in [-0.39, 0.29) is 17.4 Å². The van der Waals surface area contributed by atoms with Gasteiger partial charge in [0.1, 0.15) is 6.17 Å². The van der Waals surface area contributed by atoms with Gasteiger partial charge in [-0.1, -0.05) is 48.0 Å². The Bertz CT molecular complexity index is 876. The first-order valence-electron chi connectivity index (χ1n) is 9.77. The lowest BCUT2D eigenvalue weighted by molar-refractivity contribution is -0.118. The second kappa shape index (κ2) is 7.38. The number of nitriles is 1. The smallest absolute Gasteiger partial charge is 0.185 e. The highest BCUT2D eigenvalue weighted by Gasteiger charge is 2.42. The zero-order valence-electron chi connectivity index (χ0n) is 16.4. The van der Waals surface area contributed by atoms with Crippen LogP contribution in [0.5, 0.6) is 0 Å². The zero-order valence-corrected chi connectivity index (χ0v) is 17.9. The Kier molecular flexibility index (Phi) is 5.07. The van der Waals surface area contributed by atoms with E-state index in [4.69, 9.17) is 0 Å². The molecule has 0 bridgehead atoms. The van der Waals surface area contributed by atoms with Crippen LogP contribution in [0.2, 0.25) is 0 Å². The molecule has 0 spiro atoms. The summed E-state index contributed by atoms with van der Waals surface area (Å²) in [5.74, 6) is 0.127. The van der Waals surface area contributed by atoms with Crippen LogP contribution >= 0.6 is 15.9 Å². The minimum atomic E-state index is -0.141. The van der Waals surface area contributed by atoms with E-state index in [1.807, 2.05) is 12.1 Å². The number of carbonyl (C=O) groups is 1. The number of Topliss-reactive ketones (excluding diaryl/α,β-unsaturated/α-hetero) is 1. The van der Waals surface area contributed by atoms with Crippen LogP contribution in [0, 0.1) is 16.9 Å². The number of hydrogen-bond donors (Lipinski definition) is 0.